The van der Waals surface area contributed by atoms with Crippen LogP contribution in [-0.2, 0) is 6.54 Å². The van der Waals surface area contributed by atoms with Crippen molar-refractivity contribution in [3.05, 3.63) is 52.3 Å². The highest BCUT2D eigenvalue weighted by molar-refractivity contribution is 6.04. The van der Waals surface area contributed by atoms with Crippen LogP contribution >= 0.6 is 0 Å². The van der Waals surface area contributed by atoms with Crippen LogP contribution in [0.1, 0.15) is 17.3 Å². The Morgan fingerprint density at radius 1 is 1.42 bits per heavy atom. The molecule has 0 aliphatic carbocycles. The Bertz CT molecular complexity index is 604. The molecular weight excluding hydrogens is 248 g/mol. The molecule has 0 bridgehead atoms. The van der Waals surface area contributed by atoms with Crippen molar-refractivity contribution in [2.75, 3.05) is 5.32 Å². The van der Waals surface area contributed by atoms with Gasteiger partial charge in [0.2, 0.25) is 0 Å². The van der Waals surface area contributed by atoms with Gasteiger partial charge in [-0.3, -0.25) is 19.6 Å². The lowest BCUT2D eigenvalue weighted by Gasteiger charge is -2.01. The summed E-state index contributed by atoms with van der Waals surface area (Å²) < 4.78 is 1.69. The van der Waals surface area contributed by atoms with E-state index in [9.17, 15) is 14.9 Å². The highest BCUT2D eigenvalue weighted by Crippen LogP contribution is 2.13. The van der Waals surface area contributed by atoms with E-state index in [1.165, 1.54) is 24.3 Å². The number of carbonyl (C=O) groups is 1. The third-order valence-corrected chi connectivity index (χ3v) is 2.56. The molecule has 0 atom stereocenters. The third-order valence-electron chi connectivity index (χ3n) is 2.56. The van der Waals surface area contributed by atoms with Gasteiger partial charge in [0.05, 0.1) is 16.8 Å². The number of nitro groups is 1. The fourth-order valence-corrected chi connectivity index (χ4v) is 1.54. The van der Waals surface area contributed by atoms with Crippen molar-refractivity contribution in [1.82, 2.24) is 9.78 Å². The van der Waals surface area contributed by atoms with Crippen LogP contribution in [0, 0.1) is 10.1 Å². The van der Waals surface area contributed by atoms with Gasteiger partial charge in [0.25, 0.3) is 11.6 Å². The van der Waals surface area contributed by atoms with Crippen molar-refractivity contribution in [1.29, 1.82) is 0 Å². The van der Waals surface area contributed by atoms with Crippen LogP contribution in [0.5, 0.6) is 0 Å². The van der Waals surface area contributed by atoms with Crippen LogP contribution < -0.4 is 5.32 Å². The summed E-state index contributed by atoms with van der Waals surface area (Å²) in [5, 5.41) is 17.2. The number of nitrogens with zero attached hydrogens (tertiary/aromatic N) is 3. The minimum atomic E-state index is -0.507. The summed E-state index contributed by atoms with van der Waals surface area (Å²) >= 11 is 0. The van der Waals surface area contributed by atoms with Gasteiger partial charge in [0.15, 0.2) is 0 Å². The fraction of sp³-hybridized carbons (Fsp3) is 0.167. The molecule has 7 heteroatoms. The SMILES string of the molecule is CCn1cc(NC(=O)c2ccc([N+](=O)[O-])cc2)cn1. The molecule has 98 valence electrons. The molecule has 1 amide bonds. The maximum Gasteiger partial charge on any atom is 0.269 e. The molecule has 7 nitrogen and oxygen atoms in total. The number of amides is 1. The second kappa shape index (κ2) is 5.30. The van der Waals surface area contributed by atoms with Gasteiger partial charge in [0.1, 0.15) is 0 Å². The number of benzene rings is 1. The lowest BCUT2D eigenvalue weighted by atomic mass is 10.2. The van der Waals surface area contributed by atoms with Gasteiger partial charge < -0.3 is 5.32 Å². The molecule has 0 saturated heterocycles. The maximum atomic E-state index is 11.9. The Kier molecular flexibility index (Phi) is 3.56. The first-order chi connectivity index (χ1) is 9.10. The van der Waals surface area contributed by atoms with E-state index in [0.29, 0.717) is 17.8 Å². The lowest BCUT2D eigenvalue weighted by molar-refractivity contribution is -0.384. The topological polar surface area (TPSA) is 90.1 Å². The van der Waals surface area contributed by atoms with E-state index in [1.807, 2.05) is 6.92 Å². The van der Waals surface area contributed by atoms with E-state index in [2.05, 4.69) is 10.4 Å². The Balaban J connectivity index is 2.09. The number of rotatable bonds is 4. The van der Waals surface area contributed by atoms with E-state index in [-0.39, 0.29) is 11.6 Å². The monoisotopic (exact) mass is 260 g/mol. The van der Waals surface area contributed by atoms with Crippen LogP contribution in [0.2, 0.25) is 0 Å². The van der Waals surface area contributed by atoms with Gasteiger partial charge in [-0.05, 0) is 19.1 Å². The molecular formula is C12H12N4O3. The van der Waals surface area contributed by atoms with E-state index >= 15 is 0 Å². The number of aromatic nitrogens is 2. The van der Waals surface area contributed by atoms with Gasteiger partial charge in [-0.15, -0.1) is 0 Å². The molecule has 1 N–H and O–H groups in total. The minimum Gasteiger partial charge on any atom is -0.319 e. The summed E-state index contributed by atoms with van der Waals surface area (Å²) in [5.41, 5.74) is 0.899. The number of hydrogen-bond donors (Lipinski definition) is 1. The van der Waals surface area contributed by atoms with Crippen LogP contribution in [0.25, 0.3) is 0 Å². The molecule has 0 unspecified atom stereocenters. The predicted octanol–water partition coefficient (Wildman–Crippen LogP) is 2.06. The number of anilines is 1. The first-order valence-corrected chi connectivity index (χ1v) is 5.68. The van der Waals surface area contributed by atoms with E-state index < -0.39 is 4.92 Å². The molecule has 1 aromatic heterocycles. The highest BCUT2D eigenvalue weighted by Gasteiger charge is 2.10. The molecule has 0 radical (unpaired) electrons. The Labute approximate surface area is 109 Å². The van der Waals surface area contributed by atoms with Crippen molar-refractivity contribution in [3.63, 3.8) is 0 Å². The van der Waals surface area contributed by atoms with Gasteiger partial charge in [-0.25, -0.2) is 0 Å². The summed E-state index contributed by atoms with van der Waals surface area (Å²) in [5.74, 6) is -0.328. The molecule has 19 heavy (non-hydrogen) atoms. The van der Waals surface area contributed by atoms with Crippen molar-refractivity contribution in [2.45, 2.75) is 13.5 Å². The van der Waals surface area contributed by atoms with Crippen molar-refractivity contribution in [3.8, 4) is 0 Å². The zero-order valence-electron chi connectivity index (χ0n) is 10.2. The summed E-state index contributed by atoms with van der Waals surface area (Å²) in [4.78, 5) is 21.9. The minimum absolute atomic E-state index is 0.0460. The molecule has 1 heterocycles. The number of nitro benzene ring substituents is 1. The average Bonchev–Trinajstić information content (AvgIpc) is 2.86. The fourth-order valence-electron chi connectivity index (χ4n) is 1.54. The van der Waals surface area contributed by atoms with E-state index in [0.717, 1.165) is 0 Å². The Morgan fingerprint density at radius 2 is 2.11 bits per heavy atom. The summed E-state index contributed by atoms with van der Waals surface area (Å²) in [6.45, 7) is 2.66. The van der Waals surface area contributed by atoms with Gasteiger partial charge in [-0.1, -0.05) is 0 Å². The molecule has 0 spiro atoms. The first-order valence-electron chi connectivity index (χ1n) is 5.68. The molecule has 2 aromatic rings. The number of hydrogen-bond acceptors (Lipinski definition) is 4. The van der Waals surface area contributed by atoms with Crippen molar-refractivity contribution in [2.24, 2.45) is 0 Å². The zero-order valence-corrected chi connectivity index (χ0v) is 10.2. The number of aryl methyl sites for hydroxylation is 1. The number of non-ortho nitro benzene ring substituents is 1. The molecule has 2 rings (SSSR count). The molecule has 1 aromatic carbocycles. The highest BCUT2D eigenvalue weighted by atomic mass is 16.6. The summed E-state index contributed by atoms with van der Waals surface area (Å²) in [7, 11) is 0. The molecule has 0 aliphatic rings. The molecule has 0 aliphatic heterocycles. The van der Waals surface area contributed by atoms with Gasteiger partial charge >= 0.3 is 0 Å². The largest absolute Gasteiger partial charge is 0.319 e. The second-order valence-electron chi connectivity index (χ2n) is 3.84. The molecule has 0 saturated carbocycles. The van der Waals surface area contributed by atoms with Crippen LogP contribution in [0.3, 0.4) is 0 Å². The van der Waals surface area contributed by atoms with Crippen molar-refractivity contribution < 1.29 is 9.72 Å². The Hall–Kier alpha value is -2.70. The quantitative estimate of drug-likeness (QED) is 0.673. The van der Waals surface area contributed by atoms with E-state index in [1.54, 1.807) is 17.1 Å². The van der Waals surface area contributed by atoms with Crippen LogP contribution in [-0.4, -0.2) is 20.6 Å². The second-order valence-corrected chi connectivity index (χ2v) is 3.84. The normalized spacial score (nSPS) is 10.2. The average molecular weight is 260 g/mol. The van der Waals surface area contributed by atoms with Crippen LogP contribution in [0.4, 0.5) is 11.4 Å². The van der Waals surface area contributed by atoms with Gasteiger partial charge in [-0.2, -0.15) is 5.10 Å². The Morgan fingerprint density at radius 3 is 2.63 bits per heavy atom. The first kappa shape index (κ1) is 12.7. The lowest BCUT2D eigenvalue weighted by Crippen LogP contribution is -2.11. The summed E-state index contributed by atoms with van der Waals surface area (Å²) in [6, 6.07) is 5.42. The smallest absolute Gasteiger partial charge is 0.269 e. The maximum absolute atomic E-state index is 11.9. The van der Waals surface area contributed by atoms with Crippen LogP contribution in [0.15, 0.2) is 36.7 Å². The number of carbonyl (C=O) groups excluding carboxylic acids is 1. The third kappa shape index (κ3) is 2.95. The predicted molar refractivity (Wildman–Crippen MR) is 69.0 cm³/mol. The van der Waals surface area contributed by atoms with Crippen molar-refractivity contribution >= 4 is 17.3 Å². The standard InChI is InChI=1S/C12H12N4O3/c1-2-15-8-10(7-13-15)14-12(17)9-3-5-11(6-4-9)16(18)19/h3-8H,2H2,1H3,(H,14,17). The van der Waals surface area contributed by atoms with Gasteiger partial charge in [0, 0.05) is 30.4 Å². The summed E-state index contributed by atoms with van der Waals surface area (Å²) in [6.07, 6.45) is 3.26. The zero-order chi connectivity index (χ0) is 13.8. The van der Waals surface area contributed by atoms with E-state index in [4.69, 9.17) is 0 Å². The molecule has 0 fully saturated rings. The number of nitrogens with one attached hydrogen (secondary N) is 1.